The Hall–Kier alpha value is -3.46. The molecule has 9 heteroatoms. The molecule has 0 spiro atoms. The lowest BCUT2D eigenvalue weighted by atomic mass is 10.2. The Bertz CT molecular complexity index is 1040. The summed E-state index contributed by atoms with van der Waals surface area (Å²) in [6.45, 7) is 1.45. The van der Waals surface area contributed by atoms with Crippen molar-refractivity contribution in [2.75, 3.05) is 18.4 Å². The molecule has 1 aliphatic heterocycles. The largest absolute Gasteiger partial charge is 0.350 e. The summed E-state index contributed by atoms with van der Waals surface area (Å²) in [6.07, 6.45) is 1.34. The minimum absolute atomic E-state index is 0.00497. The molecule has 0 aliphatic carbocycles. The van der Waals surface area contributed by atoms with Crippen molar-refractivity contribution in [1.29, 1.82) is 0 Å². The van der Waals surface area contributed by atoms with Crippen LogP contribution >= 0.6 is 11.8 Å². The zero-order valence-electron chi connectivity index (χ0n) is 16.0. The first kappa shape index (κ1) is 21.3. The third kappa shape index (κ3) is 5.12. The molecule has 2 aromatic carbocycles. The summed E-state index contributed by atoms with van der Waals surface area (Å²) in [4.78, 5) is 49.0. The standard InChI is InChI=1S/C21H18FN3O4S/c1-13(26)24-16-8-6-14(7-9-16)19(27)23-10-11-25-20(28)18(30-21(25)29)12-15-4-2-3-5-17(15)22/h2-9,12H,10-11H2,1H3,(H,23,27)(H,24,26)/b18-12-. The lowest BCUT2D eigenvalue weighted by molar-refractivity contribution is -0.122. The summed E-state index contributed by atoms with van der Waals surface area (Å²) in [5.41, 5.74) is 1.16. The number of carbonyl (C=O) groups is 4. The summed E-state index contributed by atoms with van der Waals surface area (Å²) in [5, 5.41) is 4.77. The van der Waals surface area contributed by atoms with E-state index in [4.69, 9.17) is 0 Å². The molecule has 30 heavy (non-hydrogen) atoms. The molecule has 0 radical (unpaired) electrons. The van der Waals surface area contributed by atoms with Crippen LogP contribution in [-0.2, 0) is 9.59 Å². The number of hydrogen-bond donors (Lipinski definition) is 2. The number of imide groups is 1. The van der Waals surface area contributed by atoms with E-state index in [1.165, 1.54) is 31.2 Å². The number of thioether (sulfide) groups is 1. The van der Waals surface area contributed by atoms with Crippen LogP contribution in [0.5, 0.6) is 0 Å². The van der Waals surface area contributed by atoms with Gasteiger partial charge in [-0.25, -0.2) is 4.39 Å². The van der Waals surface area contributed by atoms with Crippen molar-refractivity contribution in [2.45, 2.75) is 6.92 Å². The number of hydrogen-bond acceptors (Lipinski definition) is 5. The maximum absolute atomic E-state index is 13.8. The second-order valence-electron chi connectivity index (χ2n) is 6.37. The Balaban J connectivity index is 1.56. The Labute approximate surface area is 176 Å². The molecule has 1 heterocycles. The molecule has 2 aromatic rings. The summed E-state index contributed by atoms with van der Waals surface area (Å²) in [6, 6.07) is 12.3. The van der Waals surface area contributed by atoms with Gasteiger partial charge in [0, 0.05) is 36.8 Å². The lowest BCUT2D eigenvalue weighted by Crippen LogP contribution is -2.37. The van der Waals surface area contributed by atoms with Crippen LogP contribution in [0, 0.1) is 5.82 Å². The molecule has 154 valence electrons. The van der Waals surface area contributed by atoms with Gasteiger partial charge in [-0.3, -0.25) is 24.1 Å². The summed E-state index contributed by atoms with van der Waals surface area (Å²) in [5.74, 6) is -1.60. The molecule has 0 saturated carbocycles. The van der Waals surface area contributed by atoms with Crippen LogP contribution in [0.3, 0.4) is 0 Å². The highest BCUT2D eigenvalue weighted by atomic mass is 32.2. The second-order valence-corrected chi connectivity index (χ2v) is 7.36. The molecule has 7 nitrogen and oxygen atoms in total. The molecule has 1 aliphatic rings. The van der Waals surface area contributed by atoms with Crippen LogP contribution in [0.1, 0.15) is 22.8 Å². The number of carbonyl (C=O) groups excluding carboxylic acids is 4. The lowest BCUT2D eigenvalue weighted by Gasteiger charge is -2.13. The van der Waals surface area contributed by atoms with Gasteiger partial charge < -0.3 is 10.6 Å². The Morgan fingerprint density at radius 2 is 1.80 bits per heavy atom. The van der Waals surface area contributed by atoms with E-state index in [0.29, 0.717) is 11.3 Å². The molecule has 0 atom stereocenters. The van der Waals surface area contributed by atoms with E-state index < -0.39 is 17.0 Å². The molecule has 0 unspecified atom stereocenters. The monoisotopic (exact) mass is 427 g/mol. The molecule has 4 amide bonds. The van der Waals surface area contributed by atoms with E-state index in [9.17, 15) is 23.6 Å². The van der Waals surface area contributed by atoms with Crippen molar-refractivity contribution >= 4 is 46.5 Å². The predicted octanol–water partition coefficient (Wildman–Crippen LogP) is 3.25. The second kappa shape index (κ2) is 9.36. The zero-order valence-corrected chi connectivity index (χ0v) is 16.8. The van der Waals surface area contributed by atoms with Crippen LogP contribution in [0.2, 0.25) is 0 Å². The number of amides is 4. The van der Waals surface area contributed by atoms with Crippen molar-refractivity contribution in [1.82, 2.24) is 10.2 Å². The minimum atomic E-state index is -0.526. The van der Waals surface area contributed by atoms with E-state index >= 15 is 0 Å². The van der Waals surface area contributed by atoms with E-state index in [2.05, 4.69) is 10.6 Å². The van der Waals surface area contributed by atoms with Gasteiger partial charge in [0.05, 0.1) is 4.91 Å². The van der Waals surface area contributed by atoms with E-state index in [-0.39, 0.29) is 35.4 Å². The smallest absolute Gasteiger partial charge is 0.293 e. The first-order valence-corrected chi connectivity index (χ1v) is 9.82. The molecule has 0 aromatic heterocycles. The van der Waals surface area contributed by atoms with Crippen molar-refractivity contribution in [3.05, 3.63) is 70.4 Å². The quantitative estimate of drug-likeness (QED) is 0.690. The van der Waals surface area contributed by atoms with Gasteiger partial charge >= 0.3 is 0 Å². The molecular weight excluding hydrogens is 409 g/mol. The zero-order chi connectivity index (χ0) is 21.7. The maximum Gasteiger partial charge on any atom is 0.293 e. The maximum atomic E-state index is 13.8. The number of anilines is 1. The van der Waals surface area contributed by atoms with Crippen molar-refractivity contribution in [3.8, 4) is 0 Å². The number of benzene rings is 2. The predicted molar refractivity (Wildman–Crippen MR) is 112 cm³/mol. The topological polar surface area (TPSA) is 95.6 Å². The Morgan fingerprint density at radius 3 is 2.47 bits per heavy atom. The molecule has 2 N–H and O–H groups in total. The summed E-state index contributed by atoms with van der Waals surface area (Å²) >= 11 is 0.732. The normalized spacial score (nSPS) is 14.9. The van der Waals surface area contributed by atoms with Gasteiger partial charge in [-0.15, -0.1) is 0 Å². The summed E-state index contributed by atoms with van der Waals surface area (Å²) < 4.78 is 13.8. The highest BCUT2D eigenvalue weighted by molar-refractivity contribution is 8.18. The number of nitrogens with one attached hydrogen (secondary N) is 2. The molecule has 0 bridgehead atoms. The molecule has 1 fully saturated rings. The van der Waals surface area contributed by atoms with Gasteiger partial charge in [-0.1, -0.05) is 18.2 Å². The van der Waals surface area contributed by atoms with Gasteiger partial charge in [-0.05, 0) is 48.2 Å². The summed E-state index contributed by atoms with van der Waals surface area (Å²) in [7, 11) is 0. The van der Waals surface area contributed by atoms with Crippen LogP contribution in [0.15, 0.2) is 53.4 Å². The van der Waals surface area contributed by atoms with Crippen molar-refractivity contribution < 1.29 is 23.6 Å². The molecule has 3 rings (SSSR count). The van der Waals surface area contributed by atoms with Crippen LogP contribution < -0.4 is 10.6 Å². The SMILES string of the molecule is CC(=O)Nc1ccc(C(=O)NCCN2C(=O)S/C(=C\c3ccccc3F)C2=O)cc1. The highest BCUT2D eigenvalue weighted by Crippen LogP contribution is 2.32. The average molecular weight is 427 g/mol. The molecule has 1 saturated heterocycles. The third-order valence-electron chi connectivity index (χ3n) is 4.15. The van der Waals surface area contributed by atoms with Crippen LogP contribution in [0.4, 0.5) is 14.9 Å². The van der Waals surface area contributed by atoms with Gasteiger partial charge in [0.25, 0.3) is 17.1 Å². The number of rotatable bonds is 6. The van der Waals surface area contributed by atoms with Crippen molar-refractivity contribution in [2.24, 2.45) is 0 Å². The average Bonchev–Trinajstić information content (AvgIpc) is 2.97. The fourth-order valence-corrected chi connectivity index (χ4v) is 3.57. The van der Waals surface area contributed by atoms with E-state index in [1.807, 2.05) is 0 Å². The number of halogens is 1. The van der Waals surface area contributed by atoms with E-state index in [0.717, 1.165) is 16.7 Å². The highest BCUT2D eigenvalue weighted by Gasteiger charge is 2.34. The minimum Gasteiger partial charge on any atom is -0.350 e. The van der Waals surface area contributed by atoms with Crippen LogP contribution in [0.25, 0.3) is 6.08 Å². The van der Waals surface area contributed by atoms with Gasteiger partial charge in [0.1, 0.15) is 5.82 Å². The first-order valence-electron chi connectivity index (χ1n) is 9.01. The Kier molecular flexibility index (Phi) is 6.63. The van der Waals surface area contributed by atoms with Crippen molar-refractivity contribution in [3.63, 3.8) is 0 Å². The third-order valence-corrected chi connectivity index (χ3v) is 5.06. The van der Waals surface area contributed by atoms with Gasteiger partial charge in [0.2, 0.25) is 5.91 Å². The van der Waals surface area contributed by atoms with E-state index in [1.54, 1.807) is 30.3 Å². The fraction of sp³-hybridized carbons (Fsp3) is 0.143. The first-order chi connectivity index (χ1) is 14.3. The number of nitrogens with zero attached hydrogens (tertiary/aromatic N) is 1. The van der Waals surface area contributed by atoms with Gasteiger partial charge in [0.15, 0.2) is 0 Å². The fourth-order valence-electron chi connectivity index (χ4n) is 2.72. The van der Waals surface area contributed by atoms with Crippen LogP contribution in [-0.4, -0.2) is 41.0 Å². The Morgan fingerprint density at radius 1 is 1.10 bits per heavy atom. The van der Waals surface area contributed by atoms with Gasteiger partial charge in [-0.2, -0.15) is 0 Å². The molecular formula is C21H18FN3O4S.